The van der Waals surface area contributed by atoms with Gasteiger partial charge in [0.05, 0.1) is 18.2 Å². The Balaban J connectivity index is 1.78. The summed E-state index contributed by atoms with van der Waals surface area (Å²) in [7, 11) is 0. The molecule has 0 bridgehead atoms. The second kappa shape index (κ2) is 6.88. The average molecular weight is 258 g/mol. The number of carbonyl (C=O) groups excluding carboxylic acids is 1. The number of piperazine rings is 1. The second-order valence-electron chi connectivity index (χ2n) is 4.62. The Kier molecular flexibility index (Phi) is 4.90. The smallest absolute Gasteiger partial charge is 0.234 e. The van der Waals surface area contributed by atoms with Gasteiger partial charge in [0.25, 0.3) is 0 Å². The average Bonchev–Trinajstić information content (AvgIpc) is 2.46. The van der Waals surface area contributed by atoms with Gasteiger partial charge in [-0.2, -0.15) is 5.26 Å². The SMILES string of the molecule is N#Cc1cccc(CNC(=O)CN2CCNCC2)c1. The summed E-state index contributed by atoms with van der Waals surface area (Å²) in [6.45, 7) is 4.63. The number of carbonyl (C=O) groups is 1. The van der Waals surface area contributed by atoms with Gasteiger partial charge in [0.1, 0.15) is 0 Å². The van der Waals surface area contributed by atoms with Crippen molar-refractivity contribution >= 4 is 5.91 Å². The number of hydrogen-bond donors (Lipinski definition) is 2. The molecule has 5 heteroatoms. The number of hydrogen-bond acceptors (Lipinski definition) is 4. The molecule has 100 valence electrons. The van der Waals surface area contributed by atoms with Crippen LogP contribution < -0.4 is 10.6 Å². The monoisotopic (exact) mass is 258 g/mol. The Labute approximate surface area is 113 Å². The highest BCUT2D eigenvalue weighted by Crippen LogP contribution is 2.03. The first-order valence-corrected chi connectivity index (χ1v) is 6.47. The van der Waals surface area contributed by atoms with Crippen molar-refractivity contribution in [3.8, 4) is 6.07 Å². The summed E-state index contributed by atoms with van der Waals surface area (Å²) in [5.74, 6) is 0.0317. The van der Waals surface area contributed by atoms with Crippen LogP contribution in [0.5, 0.6) is 0 Å². The molecule has 2 N–H and O–H groups in total. The molecule has 0 aliphatic carbocycles. The predicted molar refractivity (Wildman–Crippen MR) is 72.3 cm³/mol. The highest BCUT2D eigenvalue weighted by Gasteiger charge is 2.12. The molecule has 0 aromatic heterocycles. The molecular formula is C14H18N4O. The van der Waals surface area contributed by atoms with E-state index in [2.05, 4.69) is 21.6 Å². The molecule has 1 aliphatic heterocycles. The van der Waals surface area contributed by atoms with Crippen molar-refractivity contribution < 1.29 is 4.79 Å². The Morgan fingerprint density at radius 1 is 1.42 bits per heavy atom. The van der Waals surface area contributed by atoms with Crippen LogP contribution in [0, 0.1) is 11.3 Å². The molecule has 1 aromatic rings. The highest BCUT2D eigenvalue weighted by atomic mass is 16.2. The normalized spacial score (nSPS) is 15.7. The minimum absolute atomic E-state index is 0.0317. The van der Waals surface area contributed by atoms with Crippen molar-refractivity contribution in [2.24, 2.45) is 0 Å². The maximum Gasteiger partial charge on any atom is 0.234 e. The molecule has 1 heterocycles. The molecule has 1 amide bonds. The number of nitriles is 1. The van der Waals surface area contributed by atoms with Crippen molar-refractivity contribution in [2.75, 3.05) is 32.7 Å². The zero-order valence-corrected chi connectivity index (χ0v) is 10.9. The van der Waals surface area contributed by atoms with Gasteiger partial charge in [-0.25, -0.2) is 0 Å². The fraction of sp³-hybridized carbons (Fsp3) is 0.429. The quantitative estimate of drug-likeness (QED) is 0.802. The minimum Gasteiger partial charge on any atom is -0.351 e. The van der Waals surface area contributed by atoms with Gasteiger partial charge in [-0.05, 0) is 17.7 Å². The van der Waals surface area contributed by atoms with Crippen molar-refractivity contribution in [2.45, 2.75) is 6.54 Å². The third kappa shape index (κ3) is 4.36. The zero-order valence-electron chi connectivity index (χ0n) is 10.9. The van der Waals surface area contributed by atoms with Gasteiger partial charge in [-0.1, -0.05) is 12.1 Å². The van der Waals surface area contributed by atoms with Crippen LogP contribution in [0.25, 0.3) is 0 Å². The molecule has 1 fully saturated rings. The first-order chi connectivity index (χ1) is 9.28. The van der Waals surface area contributed by atoms with Gasteiger partial charge in [0, 0.05) is 32.7 Å². The molecule has 0 saturated carbocycles. The Morgan fingerprint density at radius 2 is 2.21 bits per heavy atom. The van der Waals surface area contributed by atoms with Gasteiger partial charge in [0.2, 0.25) is 5.91 Å². The molecule has 1 aliphatic rings. The van der Waals surface area contributed by atoms with Crippen molar-refractivity contribution in [1.82, 2.24) is 15.5 Å². The van der Waals surface area contributed by atoms with Crippen LogP contribution in [0.2, 0.25) is 0 Å². The van der Waals surface area contributed by atoms with Gasteiger partial charge >= 0.3 is 0 Å². The molecule has 0 radical (unpaired) electrons. The van der Waals surface area contributed by atoms with E-state index < -0.39 is 0 Å². The van der Waals surface area contributed by atoms with E-state index in [0.717, 1.165) is 31.7 Å². The minimum atomic E-state index is 0.0317. The van der Waals surface area contributed by atoms with Gasteiger partial charge in [-0.15, -0.1) is 0 Å². The van der Waals surface area contributed by atoms with Gasteiger partial charge in [0.15, 0.2) is 0 Å². The highest BCUT2D eigenvalue weighted by molar-refractivity contribution is 5.78. The number of rotatable bonds is 4. The maximum atomic E-state index is 11.8. The molecule has 2 rings (SSSR count). The van der Waals surface area contributed by atoms with E-state index in [-0.39, 0.29) is 5.91 Å². The topological polar surface area (TPSA) is 68.2 Å². The largest absolute Gasteiger partial charge is 0.351 e. The van der Waals surface area contributed by atoms with E-state index in [1.54, 1.807) is 12.1 Å². The maximum absolute atomic E-state index is 11.8. The van der Waals surface area contributed by atoms with Crippen LogP contribution in [0.4, 0.5) is 0 Å². The summed E-state index contributed by atoms with van der Waals surface area (Å²) < 4.78 is 0. The van der Waals surface area contributed by atoms with Crippen LogP contribution in [0.3, 0.4) is 0 Å². The summed E-state index contributed by atoms with van der Waals surface area (Å²) in [6.07, 6.45) is 0. The summed E-state index contributed by atoms with van der Waals surface area (Å²) in [5.41, 5.74) is 1.57. The van der Waals surface area contributed by atoms with E-state index >= 15 is 0 Å². The molecular weight excluding hydrogens is 240 g/mol. The standard InChI is InChI=1S/C14H18N4O/c15-9-12-2-1-3-13(8-12)10-17-14(19)11-18-6-4-16-5-7-18/h1-3,8,16H,4-7,10-11H2,(H,17,19). The third-order valence-corrected chi connectivity index (χ3v) is 3.12. The van der Waals surface area contributed by atoms with Crippen molar-refractivity contribution in [3.05, 3.63) is 35.4 Å². The van der Waals surface area contributed by atoms with Crippen LogP contribution in [0.15, 0.2) is 24.3 Å². The predicted octanol–water partition coefficient (Wildman–Crippen LogP) is 0.0797. The first-order valence-electron chi connectivity index (χ1n) is 6.47. The Hall–Kier alpha value is -1.90. The Bertz CT molecular complexity index is 475. The molecule has 1 aromatic carbocycles. The summed E-state index contributed by atoms with van der Waals surface area (Å²) >= 11 is 0. The molecule has 1 saturated heterocycles. The van der Waals surface area contributed by atoms with Crippen LogP contribution in [0.1, 0.15) is 11.1 Å². The van der Waals surface area contributed by atoms with Crippen LogP contribution >= 0.6 is 0 Å². The number of benzene rings is 1. The molecule has 19 heavy (non-hydrogen) atoms. The lowest BCUT2D eigenvalue weighted by Crippen LogP contribution is -2.47. The number of nitrogens with zero attached hydrogens (tertiary/aromatic N) is 2. The summed E-state index contributed by atoms with van der Waals surface area (Å²) in [5, 5.41) is 14.9. The van der Waals surface area contributed by atoms with Gasteiger partial charge < -0.3 is 10.6 Å². The van der Waals surface area contributed by atoms with E-state index in [1.165, 1.54) is 0 Å². The summed E-state index contributed by atoms with van der Waals surface area (Å²) in [4.78, 5) is 13.9. The summed E-state index contributed by atoms with van der Waals surface area (Å²) in [6, 6.07) is 9.38. The fourth-order valence-corrected chi connectivity index (χ4v) is 2.08. The zero-order chi connectivity index (χ0) is 13.5. The van der Waals surface area contributed by atoms with Crippen LogP contribution in [-0.2, 0) is 11.3 Å². The number of nitrogens with one attached hydrogen (secondary N) is 2. The Morgan fingerprint density at radius 3 is 2.95 bits per heavy atom. The molecule has 0 spiro atoms. The van der Waals surface area contributed by atoms with E-state index in [4.69, 9.17) is 5.26 Å². The molecule has 0 atom stereocenters. The lowest BCUT2D eigenvalue weighted by Gasteiger charge is -2.26. The van der Waals surface area contributed by atoms with Crippen molar-refractivity contribution in [3.63, 3.8) is 0 Å². The van der Waals surface area contributed by atoms with E-state index in [0.29, 0.717) is 18.7 Å². The molecule has 5 nitrogen and oxygen atoms in total. The molecule has 0 unspecified atom stereocenters. The number of amides is 1. The first kappa shape index (κ1) is 13.5. The van der Waals surface area contributed by atoms with E-state index in [9.17, 15) is 4.79 Å². The van der Waals surface area contributed by atoms with Crippen LogP contribution in [-0.4, -0.2) is 43.5 Å². The second-order valence-corrected chi connectivity index (χ2v) is 4.62. The van der Waals surface area contributed by atoms with Gasteiger partial charge in [-0.3, -0.25) is 9.69 Å². The fourth-order valence-electron chi connectivity index (χ4n) is 2.08. The third-order valence-electron chi connectivity index (χ3n) is 3.12. The van der Waals surface area contributed by atoms with E-state index in [1.807, 2.05) is 12.1 Å². The lowest BCUT2D eigenvalue weighted by atomic mass is 10.1. The lowest BCUT2D eigenvalue weighted by molar-refractivity contribution is -0.122. The van der Waals surface area contributed by atoms with Crippen molar-refractivity contribution in [1.29, 1.82) is 5.26 Å².